The maximum absolute atomic E-state index is 12.7. The molecule has 0 unspecified atom stereocenters. The van der Waals surface area contributed by atoms with E-state index in [0.717, 1.165) is 11.1 Å². The second kappa shape index (κ2) is 7.90. The number of hydrogen-bond donors (Lipinski definition) is 1. The van der Waals surface area contributed by atoms with E-state index in [9.17, 15) is 4.57 Å². The molecule has 0 heterocycles. The minimum atomic E-state index is -3.64. The largest absolute Gasteiger partial charge is 0.456 e. The third-order valence-electron chi connectivity index (χ3n) is 2.75. The highest BCUT2D eigenvalue weighted by molar-refractivity contribution is 7.52. The molecule has 2 rings (SSSR count). The van der Waals surface area contributed by atoms with Crippen LogP contribution in [0, 0.1) is 0 Å². The Balaban J connectivity index is 2.04. The summed E-state index contributed by atoms with van der Waals surface area (Å²) in [5.41, 5.74) is 7.30. The number of hydrogen-bond acceptors (Lipinski definition) is 3. The molecule has 0 spiro atoms. The fraction of sp³-hybridized carbons (Fsp3) is 0.188. The van der Waals surface area contributed by atoms with Crippen molar-refractivity contribution in [2.75, 3.05) is 0 Å². The van der Waals surface area contributed by atoms with Crippen LogP contribution in [0.2, 0.25) is 0 Å². The van der Waals surface area contributed by atoms with Crippen molar-refractivity contribution in [2.45, 2.75) is 20.1 Å². The third-order valence-corrected chi connectivity index (χ3v) is 4.23. The summed E-state index contributed by atoms with van der Waals surface area (Å²) in [6, 6.07) is 18.8. The Labute approximate surface area is 130 Å². The van der Waals surface area contributed by atoms with Gasteiger partial charge in [-0.25, -0.2) is 4.57 Å². The number of benzene rings is 2. The van der Waals surface area contributed by atoms with Gasteiger partial charge in [-0.05, 0) is 18.1 Å². The quantitative estimate of drug-likeness (QED) is 0.477. The lowest BCUT2D eigenvalue weighted by Crippen LogP contribution is -2.07. The SMILES string of the molecule is C/C(N)=N\P(=O)(OCc1ccccc1)OCc1ccccc1. The highest BCUT2D eigenvalue weighted by atomic mass is 31.2. The standard InChI is InChI=1S/C16H19N2O3P/c1-14(17)18-22(19,20-12-15-8-4-2-5-9-15)21-13-16-10-6-3-7-11-16/h2-11H,12-13H2,1H3,(H2,17,18,19). The zero-order valence-electron chi connectivity index (χ0n) is 12.4. The van der Waals surface area contributed by atoms with Gasteiger partial charge in [0.05, 0.1) is 13.2 Å². The van der Waals surface area contributed by atoms with Crippen molar-refractivity contribution in [2.24, 2.45) is 10.5 Å². The van der Waals surface area contributed by atoms with Gasteiger partial charge in [-0.2, -0.15) is 4.76 Å². The fourth-order valence-corrected chi connectivity index (χ4v) is 2.95. The van der Waals surface area contributed by atoms with E-state index in [1.807, 2.05) is 60.7 Å². The monoisotopic (exact) mass is 318 g/mol. The summed E-state index contributed by atoms with van der Waals surface area (Å²) >= 11 is 0. The molecule has 0 aliphatic carbocycles. The van der Waals surface area contributed by atoms with Crippen LogP contribution >= 0.6 is 7.75 Å². The first kappa shape index (κ1) is 16.4. The zero-order valence-corrected chi connectivity index (χ0v) is 13.3. The predicted molar refractivity (Wildman–Crippen MR) is 87.4 cm³/mol. The van der Waals surface area contributed by atoms with Gasteiger partial charge in [0.25, 0.3) is 0 Å². The molecule has 5 nitrogen and oxygen atoms in total. The fourth-order valence-electron chi connectivity index (χ4n) is 1.75. The zero-order chi connectivity index (χ0) is 15.8. The Kier molecular flexibility index (Phi) is 5.90. The van der Waals surface area contributed by atoms with Crippen molar-refractivity contribution in [3.05, 3.63) is 71.8 Å². The number of nitrogens with two attached hydrogens (primary N) is 1. The van der Waals surface area contributed by atoms with Crippen LogP contribution in [0.1, 0.15) is 18.1 Å². The van der Waals surface area contributed by atoms with E-state index in [0.29, 0.717) is 0 Å². The molecule has 116 valence electrons. The first-order valence-electron chi connectivity index (χ1n) is 6.87. The molecule has 0 fully saturated rings. The third kappa shape index (κ3) is 5.45. The molecule has 2 aromatic rings. The molecule has 0 aliphatic rings. The molecule has 2 aromatic carbocycles. The average Bonchev–Trinajstić information content (AvgIpc) is 2.53. The van der Waals surface area contributed by atoms with E-state index in [4.69, 9.17) is 14.8 Å². The Morgan fingerprint density at radius 3 is 1.73 bits per heavy atom. The summed E-state index contributed by atoms with van der Waals surface area (Å²) < 4.78 is 27.3. The van der Waals surface area contributed by atoms with Crippen molar-refractivity contribution in [1.29, 1.82) is 0 Å². The summed E-state index contributed by atoms with van der Waals surface area (Å²) in [6.45, 7) is 1.83. The summed E-state index contributed by atoms with van der Waals surface area (Å²) in [7, 11) is -3.64. The number of rotatable bonds is 7. The summed E-state index contributed by atoms with van der Waals surface area (Å²) in [5, 5.41) is 0. The van der Waals surface area contributed by atoms with Crippen molar-refractivity contribution < 1.29 is 13.6 Å². The lowest BCUT2D eigenvalue weighted by Gasteiger charge is -2.14. The molecular weight excluding hydrogens is 299 g/mol. The van der Waals surface area contributed by atoms with Gasteiger partial charge in [-0.15, -0.1) is 0 Å². The van der Waals surface area contributed by atoms with Gasteiger partial charge in [0.15, 0.2) is 0 Å². The lowest BCUT2D eigenvalue weighted by atomic mass is 10.2. The molecule has 22 heavy (non-hydrogen) atoms. The van der Waals surface area contributed by atoms with E-state index in [1.165, 1.54) is 0 Å². The Hall–Kier alpha value is -1.94. The molecule has 0 saturated carbocycles. The van der Waals surface area contributed by atoms with Crippen molar-refractivity contribution in [3.63, 3.8) is 0 Å². The van der Waals surface area contributed by atoms with Gasteiger partial charge in [0.1, 0.15) is 5.84 Å². The van der Waals surface area contributed by atoms with Crippen molar-refractivity contribution in [3.8, 4) is 0 Å². The minimum Gasteiger partial charge on any atom is -0.387 e. The van der Waals surface area contributed by atoms with Gasteiger partial charge >= 0.3 is 7.75 Å². The Morgan fingerprint density at radius 1 is 0.955 bits per heavy atom. The molecular formula is C16H19N2O3P. The van der Waals surface area contributed by atoms with E-state index >= 15 is 0 Å². The van der Waals surface area contributed by atoms with E-state index in [2.05, 4.69) is 4.76 Å². The molecule has 0 amide bonds. The van der Waals surface area contributed by atoms with Gasteiger partial charge in [0, 0.05) is 0 Å². The van der Waals surface area contributed by atoms with Crippen molar-refractivity contribution >= 4 is 13.6 Å². The molecule has 2 N–H and O–H groups in total. The van der Waals surface area contributed by atoms with Crippen LogP contribution in [0.15, 0.2) is 65.4 Å². The molecule has 0 bridgehead atoms. The molecule has 0 atom stereocenters. The number of amidine groups is 1. The predicted octanol–water partition coefficient (Wildman–Crippen LogP) is 3.91. The first-order valence-corrected chi connectivity index (χ1v) is 8.36. The summed E-state index contributed by atoms with van der Waals surface area (Å²) in [4.78, 5) is 0. The van der Waals surface area contributed by atoms with Crippen LogP contribution in [-0.4, -0.2) is 5.84 Å². The van der Waals surface area contributed by atoms with Gasteiger partial charge < -0.3 is 5.73 Å². The van der Waals surface area contributed by atoms with Crippen LogP contribution in [-0.2, 0) is 26.8 Å². The van der Waals surface area contributed by atoms with E-state index in [-0.39, 0.29) is 19.0 Å². The summed E-state index contributed by atoms with van der Waals surface area (Å²) in [6.07, 6.45) is 0. The normalized spacial score (nSPS) is 12.3. The van der Waals surface area contributed by atoms with Gasteiger partial charge in [0.2, 0.25) is 0 Å². The highest BCUT2D eigenvalue weighted by Crippen LogP contribution is 2.51. The van der Waals surface area contributed by atoms with Crippen LogP contribution in [0.3, 0.4) is 0 Å². The lowest BCUT2D eigenvalue weighted by molar-refractivity contribution is 0.192. The highest BCUT2D eigenvalue weighted by Gasteiger charge is 2.24. The van der Waals surface area contributed by atoms with Gasteiger partial charge in [-0.1, -0.05) is 60.7 Å². The molecule has 0 aliphatic heterocycles. The molecule has 0 aromatic heterocycles. The van der Waals surface area contributed by atoms with Crippen LogP contribution in [0.5, 0.6) is 0 Å². The topological polar surface area (TPSA) is 73.9 Å². The Morgan fingerprint density at radius 2 is 1.36 bits per heavy atom. The van der Waals surface area contributed by atoms with E-state index in [1.54, 1.807) is 6.92 Å². The van der Waals surface area contributed by atoms with Crippen LogP contribution in [0.4, 0.5) is 0 Å². The van der Waals surface area contributed by atoms with E-state index < -0.39 is 7.75 Å². The minimum absolute atomic E-state index is 0.143. The first-order chi connectivity index (χ1) is 10.6. The van der Waals surface area contributed by atoms with Gasteiger partial charge in [-0.3, -0.25) is 9.05 Å². The molecule has 6 heteroatoms. The van der Waals surface area contributed by atoms with Crippen LogP contribution < -0.4 is 5.73 Å². The molecule has 0 saturated heterocycles. The average molecular weight is 318 g/mol. The number of nitrogens with zero attached hydrogens (tertiary/aromatic N) is 1. The maximum atomic E-state index is 12.7. The second-order valence-corrected chi connectivity index (χ2v) is 6.38. The second-order valence-electron chi connectivity index (χ2n) is 4.73. The Bertz CT molecular complexity index is 608. The van der Waals surface area contributed by atoms with Crippen LogP contribution in [0.25, 0.3) is 0 Å². The smallest absolute Gasteiger partial charge is 0.387 e. The molecule has 0 radical (unpaired) electrons. The van der Waals surface area contributed by atoms with Crippen molar-refractivity contribution in [1.82, 2.24) is 0 Å². The summed E-state index contributed by atoms with van der Waals surface area (Å²) in [5.74, 6) is 0.157. The maximum Gasteiger partial charge on any atom is 0.456 e.